The van der Waals surface area contributed by atoms with Crippen molar-refractivity contribution in [2.24, 2.45) is 17.8 Å². The van der Waals surface area contributed by atoms with E-state index in [1.165, 1.54) is 180 Å². The molecule has 0 saturated carbocycles. The van der Waals surface area contributed by atoms with E-state index in [0.717, 1.165) is 108 Å². The van der Waals surface area contributed by atoms with Gasteiger partial charge < -0.3 is 33.8 Å². The van der Waals surface area contributed by atoms with E-state index >= 15 is 0 Å². The highest BCUT2D eigenvalue weighted by Crippen LogP contribution is 2.45. The minimum Gasteiger partial charge on any atom is -0.462 e. The molecule has 0 amide bonds. The van der Waals surface area contributed by atoms with Crippen LogP contribution in [0.15, 0.2) is 0 Å². The van der Waals surface area contributed by atoms with Gasteiger partial charge in [-0.3, -0.25) is 37.3 Å². The van der Waals surface area contributed by atoms with Crippen LogP contribution in [0.25, 0.3) is 0 Å². The Morgan fingerprint density at radius 1 is 0.290 bits per heavy atom. The van der Waals surface area contributed by atoms with Crippen LogP contribution < -0.4 is 0 Å². The minimum absolute atomic E-state index is 0.106. The molecule has 0 aromatic carbocycles. The monoisotopic (exact) mass is 1370 g/mol. The highest BCUT2D eigenvalue weighted by Gasteiger charge is 2.30. The van der Waals surface area contributed by atoms with E-state index in [2.05, 4.69) is 48.5 Å². The zero-order valence-corrected chi connectivity index (χ0v) is 62.5. The Kier molecular flexibility index (Phi) is 63.4. The maximum absolute atomic E-state index is 13.1. The number of aliphatic hydroxyl groups excluding tert-OH is 1. The number of phosphoric acid groups is 2. The summed E-state index contributed by atoms with van der Waals surface area (Å²) in [6, 6.07) is 0. The van der Waals surface area contributed by atoms with Gasteiger partial charge in [0.2, 0.25) is 0 Å². The molecular formula is C74H144O17P2. The van der Waals surface area contributed by atoms with E-state index in [9.17, 15) is 43.2 Å². The predicted molar refractivity (Wildman–Crippen MR) is 377 cm³/mol. The summed E-state index contributed by atoms with van der Waals surface area (Å²) in [6.07, 6.45) is 50.1. The van der Waals surface area contributed by atoms with Crippen LogP contribution in [-0.2, 0) is 65.4 Å². The molecule has 5 atom stereocenters. The van der Waals surface area contributed by atoms with Crippen LogP contribution in [0.3, 0.4) is 0 Å². The molecule has 0 bridgehead atoms. The smallest absolute Gasteiger partial charge is 0.462 e. The second-order valence-electron chi connectivity index (χ2n) is 28.1. The molecule has 19 heteroatoms. The van der Waals surface area contributed by atoms with Crippen LogP contribution in [0.4, 0.5) is 0 Å². The van der Waals surface area contributed by atoms with Gasteiger partial charge in [-0.25, -0.2) is 9.13 Å². The standard InChI is InChI=1S/C74H144O17P2/c1-8-9-10-11-12-13-21-29-34-43-50-57-73(78)91-70(62-85-72(77)56-49-42-37-36-40-47-54-67(6)7)64-89-93(82,83)87-60-68(75)59-86-92(80,81)88-63-69(61-84-71(76)55-48-41-33-28-24-20-19-23-27-32-39-46-53-66(4)5)90-74(79)58-51-44-35-30-25-18-16-14-15-17-22-26-31-38-45-52-65(2)3/h65-70,75H,8-64H2,1-7H3,(H,80,81)(H,82,83)/t68-,69-,70-/m1/s1. The van der Waals surface area contributed by atoms with E-state index in [4.69, 9.17) is 37.0 Å². The van der Waals surface area contributed by atoms with Crippen molar-refractivity contribution < 1.29 is 80.2 Å². The molecule has 0 aromatic heterocycles. The predicted octanol–water partition coefficient (Wildman–Crippen LogP) is 21.4. The molecular weight excluding hydrogens is 1220 g/mol. The largest absolute Gasteiger partial charge is 0.472 e. The van der Waals surface area contributed by atoms with Crippen LogP contribution in [0.2, 0.25) is 0 Å². The van der Waals surface area contributed by atoms with Crippen molar-refractivity contribution in [2.45, 2.75) is 394 Å². The summed E-state index contributed by atoms with van der Waals surface area (Å²) in [6.45, 7) is 11.8. The van der Waals surface area contributed by atoms with Gasteiger partial charge in [-0.2, -0.15) is 0 Å². The van der Waals surface area contributed by atoms with Crippen molar-refractivity contribution in [3.8, 4) is 0 Å². The molecule has 0 aromatic rings. The molecule has 17 nitrogen and oxygen atoms in total. The number of phosphoric ester groups is 2. The third kappa shape index (κ3) is 68.4. The van der Waals surface area contributed by atoms with Crippen molar-refractivity contribution in [1.29, 1.82) is 0 Å². The number of aliphatic hydroxyl groups is 1. The molecule has 0 radical (unpaired) electrons. The van der Waals surface area contributed by atoms with Gasteiger partial charge in [-0.15, -0.1) is 0 Å². The number of esters is 4. The Morgan fingerprint density at radius 3 is 0.731 bits per heavy atom. The maximum Gasteiger partial charge on any atom is 0.472 e. The van der Waals surface area contributed by atoms with E-state index in [1.54, 1.807) is 0 Å². The molecule has 93 heavy (non-hydrogen) atoms. The van der Waals surface area contributed by atoms with E-state index < -0.39 is 97.5 Å². The second kappa shape index (κ2) is 64.7. The molecule has 0 spiro atoms. The highest BCUT2D eigenvalue weighted by atomic mass is 31.2. The highest BCUT2D eigenvalue weighted by molar-refractivity contribution is 7.47. The topological polar surface area (TPSA) is 237 Å². The number of ether oxygens (including phenoxy) is 4. The van der Waals surface area contributed by atoms with Gasteiger partial charge >= 0.3 is 39.5 Å². The number of hydrogen-bond donors (Lipinski definition) is 3. The van der Waals surface area contributed by atoms with E-state index in [1.807, 2.05) is 0 Å². The summed E-state index contributed by atoms with van der Waals surface area (Å²) in [4.78, 5) is 72.7. The molecule has 2 unspecified atom stereocenters. The quantitative estimate of drug-likeness (QED) is 0.0222. The summed E-state index contributed by atoms with van der Waals surface area (Å²) < 4.78 is 68.4. The maximum atomic E-state index is 13.1. The van der Waals surface area contributed by atoms with Crippen molar-refractivity contribution in [3.05, 3.63) is 0 Å². The lowest BCUT2D eigenvalue weighted by Crippen LogP contribution is -2.30. The first-order valence-corrected chi connectivity index (χ1v) is 41.3. The zero-order chi connectivity index (χ0) is 68.7. The summed E-state index contributed by atoms with van der Waals surface area (Å²) in [5.41, 5.74) is 0. The number of carbonyl (C=O) groups is 4. The van der Waals surface area contributed by atoms with E-state index in [0.29, 0.717) is 31.6 Å². The molecule has 3 N–H and O–H groups in total. The lowest BCUT2D eigenvalue weighted by atomic mass is 10.0. The van der Waals surface area contributed by atoms with Gasteiger partial charge in [0.25, 0.3) is 0 Å². The Bertz CT molecular complexity index is 1820. The zero-order valence-electron chi connectivity index (χ0n) is 60.7. The number of hydrogen-bond acceptors (Lipinski definition) is 15. The number of carbonyl (C=O) groups excluding carboxylic acids is 4. The van der Waals surface area contributed by atoms with E-state index in [-0.39, 0.29) is 25.7 Å². The fraction of sp³-hybridized carbons (Fsp3) is 0.946. The van der Waals surface area contributed by atoms with Crippen molar-refractivity contribution in [1.82, 2.24) is 0 Å². The first-order valence-electron chi connectivity index (χ1n) is 38.3. The number of rotatable bonds is 72. The van der Waals surface area contributed by atoms with Crippen molar-refractivity contribution in [3.63, 3.8) is 0 Å². The molecule has 0 saturated heterocycles. The van der Waals surface area contributed by atoms with Gasteiger partial charge in [0, 0.05) is 25.7 Å². The van der Waals surface area contributed by atoms with Crippen LogP contribution in [0.5, 0.6) is 0 Å². The summed E-state index contributed by atoms with van der Waals surface area (Å²) in [5, 5.41) is 10.6. The van der Waals surface area contributed by atoms with Crippen LogP contribution >= 0.6 is 15.6 Å². The molecule has 0 aliphatic heterocycles. The average molecular weight is 1370 g/mol. The van der Waals surface area contributed by atoms with Crippen LogP contribution in [0.1, 0.15) is 376 Å². The van der Waals surface area contributed by atoms with Crippen LogP contribution in [-0.4, -0.2) is 96.7 Å². The summed E-state index contributed by atoms with van der Waals surface area (Å²) in [5.74, 6) is 0.142. The fourth-order valence-corrected chi connectivity index (χ4v) is 12.8. The second-order valence-corrected chi connectivity index (χ2v) is 31.0. The van der Waals surface area contributed by atoms with Gasteiger partial charge in [-0.1, -0.05) is 325 Å². The SMILES string of the molecule is CCCCCCCCCCCCCC(=O)O[C@H](COC(=O)CCCCCCCCC(C)C)COP(=O)(O)OC[C@H](O)COP(=O)(O)OC[C@@H](COC(=O)CCCCCCCCCCCCCCC(C)C)OC(=O)CCCCCCCCCCCCCCCCCC(C)C. The third-order valence-corrected chi connectivity index (χ3v) is 19.0. The van der Waals surface area contributed by atoms with Gasteiger partial charge in [-0.05, 0) is 43.4 Å². The molecule has 552 valence electrons. The van der Waals surface area contributed by atoms with Gasteiger partial charge in [0.1, 0.15) is 19.3 Å². The lowest BCUT2D eigenvalue weighted by Gasteiger charge is -2.21. The molecule has 0 rings (SSSR count). The summed E-state index contributed by atoms with van der Waals surface area (Å²) >= 11 is 0. The van der Waals surface area contributed by atoms with Crippen molar-refractivity contribution in [2.75, 3.05) is 39.6 Å². The Morgan fingerprint density at radius 2 is 0.495 bits per heavy atom. The van der Waals surface area contributed by atoms with Gasteiger partial charge in [0.15, 0.2) is 12.2 Å². The number of unbranched alkanes of at least 4 members (excludes halogenated alkanes) is 40. The first kappa shape index (κ1) is 91.1. The average Bonchev–Trinajstić information content (AvgIpc) is 1.92. The Balaban J connectivity index is 5.23. The molecule has 0 fully saturated rings. The summed E-state index contributed by atoms with van der Waals surface area (Å²) in [7, 11) is -9.91. The lowest BCUT2D eigenvalue weighted by molar-refractivity contribution is -0.161. The fourth-order valence-electron chi connectivity index (χ4n) is 11.2. The minimum atomic E-state index is -4.96. The molecule has 0 heterocycles. The third-order valence-electron chi connectivity index (χ3n) is 17.1. The normalized spacial score (nSPS) is 14.1. The van der Waals surface area contributed by atoms with Crippen LogP contribution in [0, 0.1) is 17.8 Å². The first-order chi connectivity index (χ1) is 44.7. The molecule has 0 aliphatic rings. The Hall–Kier alpha value is -1.94. The van der Waals surface area contributed by atoms with Crippen molar-refractivity contribution >= 4 is 39.5 Å². The Labute approximate surface area is 568 Å². The van der Waals surface area contributed by atoms with Gasteiger partial charge in [0.05, 0.1) is 26.4 Å². The molecule has 0 aliphatic carbocycles.